The third kappa shape index (κ3) is 3.97. The smallest absolute Gasteiger partial charge is 0.270 e. The molecular formula is C22H25N3O4S. The van der Waals surface area contributed by atoms with Crippen molar-refractivity contribution in [3.63, 3.8) is 0 Å². The number of hydrogen-bond donors (Lipinski definition) is 1. The summed E-state index contributed by atoms with van der Waals surface area (Å²) in [6.45, 7) is 2.92. The van der Waals surface area contributed by atoms with Gasteiger partial charge in [0.2, 0.25) is 10.0 Å². The maximum atomic E-state index is 13.0. The summed E-state index contributed by atoms with van der Waals surface area (Å²) in [5, 5.41) is 1.22. The monoisotopic (exact) mass is 427 g/mol. The molecule has 0 spiro atoms. The average Bonchev–Trinajstić information content (AvgIpc) is 3.10. The number of piperazine rings is 1. The molecule has 1 aliphatic carbocycles. The Kier molecular flexibility index (Phi) is 5.62. The van der Waals surface area contributed by atoms with Gasteiger partial charge in [-0.2, -0.15) is 4.31 Å². The van der Waals surface area contributed by atoms with E-state index in [0.29, 0.717) is 36.3 Å². The Labute approximate surface area is 176 Å². The lowest BCUT2D eigenvalue weighted by molar-refractivity contribution is 0.0692. The molecule has 0 unspecified atom stereocenters. The minimum Gasteiger partial charge on any atom is -0.354 e. The van der Waals surface area contributed by atoms with Gasteiger partial charge in [0.05, 0.1) is 0 Å². The van der Waals surface area contributed by atoms with E-state index in [1.165, 1.54) is 9.71 Å². The number of Topliss-reactive ketones (excluding diaryl/α,β-unsaturated/α-hetero) is 1. The van der Waals surface area contributed by atoms with Crippen molar-refractivity contribution in [3.05, 3.63) is 63.8 Å². The van der Waals surface area contributed by atoms with E-state index in [0.717, 1.165) is 24.1 Å². The van der Waals surface area contributed by atoms with Gasteiger partial charge in [-0.25, -0.2) is 8.42 Å². The van der Waals surface area contributed by atoms with E-state index >= 15 is 0 Å². The zero-order chi connectivity index (χ0) is 21.3. The molecule has 0 radical (unpaired) electrons. The predicted octanol–water partition coefficient (Wildman–Crippen LogP) is 2.60. The highest BCUT2D eigenvalue weighted by Gasteiger charge is 2.31. The van der Waals surface area contributed by atoms with Crippen LogP contribution < -0.4 is 0 Å². The maximum Gasteiger partial charge on any atom is 0.270 e. The van der Waals surface area contributed by atoms with Crippen LogP contribution in [0.2, 0.25) is 0 Å². The number of carbonyl (C=O) groups is 2. The molecule has 1 fully saturated rings. The lowest BCUT2D eigenvalue weighted by atomic mass is 9.94. The molecule has 8 heteroatoms. The second-order valence-electron chi connectivity index (χ2n) is 7.70. The number of aromatic amines is 1. The van der Waals surface area contributed by atoms with Crippen molar-refractivity contribution in [3.8, 4) is 0 Å². The van der Waals surface area contributed by atoms with Gasteiger partial charge in [0.15, 0.2) is 5.78 Å². The lowest BCUT2D eigenvalue weighted by Crippen LogP contribution is -2.50. The first-order valence-electron chi connectivity index (χ1n) is 10.1. The van der Waals surface area contributed by atoms with Crippen LogP contribution in [0.25, 0.3) is 6.08 Å². The Hall–Kier alpha value is -2.71. The fourth-order valence-corrected chi connectivity index (χ4v) is 5.28. The van der Waals surface area contributed by atoms with Crippen LogP contribution in [0, 0.1) is 6.92 Å². The van der Waals surface area contributed by atoms with Gasteiger partial charge in [0.1, 0.15) is 5.69 Å². The van der Waals surface area contributed by atoms with Gasteiger partial charge in [0, 0.05) is 49.3 Å². The van der Waals surface area contributed by atoms with E-state index in [4.69, 9.17) is 0 Å². The largest absolute Gasteiger partial charge is 0.354 e. The van der Waals surface area contributed by atoms with E-state index in [2.05, 4.69) is 4.98 Å². The van der Waals surface area contributed by atoms with Gasteiger partial charge in [0.25, 0.3) is 5.91 Å². The number of fused-ring (bicyclic) bond motifs is 1. The van der Waals surface area contributed by atoms with Crippen molar-refractivity contribution in [1.29, 1.82) is 0 Å². The average molecular weight is 428 g/mol. The summed E-state index contributed by atoms with van der Waals surface area (Å²) in [7, 11) is -3.55. The number of aromatic nitrogens is 1. The Morgan fingerprint density at radius 2 is 1.77 bits per heavy atom. The number of ketones is 1. The number of aryl methyl sites for hydroxylation is 1. The number of amides is 1. The van der Waals surface area contributed by atoms with Gasteiger partial charge in [-0.15, -0.1) is 0 Å². The molecule has 2 heterocycles. The van der Waals surface area contributed by atoms with E-state index < -0.39 is 10.0 Å². The van der Waals surface area contributed by atoms with Crippen LogP contribution in [-0.4, -0.2) is 60.5 Å². The fraction of sp³-hybridized carbons (Fsp3) is 0.364. The number of nitrogens with one attached hydrogen (secondary N) is 1. The zero-order valence-electron chi connectivity index (χ0n) is 16.9. The molecule has 1 saturated heterocycles. The number of hydrogen-bond acceptors (Lipinski definition) is 4. The van der Waals surface area contributed by atoms with Crippen LogP contribution in [0.1, 0.15) is 50.5 Å². The summed E-state index contributed by atoms with van der Waals surface area (Å²) >= 11 is 0. The van der Waals surface area contributed by atoms with Crippen molar-refractivity contribution in [1.82, 2.24) is 14.2 Å². The van der Waals surface area contributed by atoms with Gasteiger partial charge < -0.3 is 9.88 Å². The number of nitrogens with zero attached hydrogens (tertiary/aromatic N) is 2. The third-order valence-corrected chi connectivity index (χ3v) is 7.33. The number of rotatable bonds is 4. The van der Waals surface area contributed by atoms with Gasteiger partial charge in [-0.1, -0.05) is 30.3 Å². The fourth-order valence-electron chi connectivity index (χ4n) is 4.11. The molecule has 1 amide bonds. The minimum absolute atomic E-state index is 0.0881. The molecular weight excluding hydrogens is 402 g/mol. The molecule has 30 heavy (non-hydrogen) atoms. The van der Waals surface area contributed by atoms with Gasteiger partial charge in [-0.3, -0.25) is 9.59 Å². The molecule has 1 aromatic heterocycles. The van der Waals surface area contributed by atoms with Crippen LogP contribution in [0.4, 0.5) is 0 Å². The highest BCUT2D eigenvalue weighted by Crippen LogP contribution is 2.27. The van der Waals surface area contributed by atoms with Crippen molar-refractivity contribution < 1.29 is 18.0 Å². The maximum absolute atomic E-state index is 13.0. The summed E-state index contributed by atoms with van der Waals surface area (Å²) in [5.41, 5.74) is 3.49. The Morgan fingerprint density at radius 1 is 1.07 bits per heavy atom. The summed E-state index contributed by atoms with van der Waals surface area (Å²) in [6, 6.07) is 9.26. The summed E-state index contributed by atoms with van der Waals surface area (Å²) in [6.07, 6.45) is 3.67. The number of carbonyl (C=O) groups excluding carboxylic acids is 2. The van der Waals surface area contributed by atoms with Gasteiger partial charge in [-0.05, 0) is 37.0 Å². The second kappa shape index (κ2) is 8.20. The topological polar surface area (TPSA) is 90.6 Å². The Balaban J connectivity index is 1.43. The van der Waals surface area contributed by atoms with Crippen molar-refractivity contribution in [2.75, 3.05) is 26.2 Å². The number of H-pyrrole nitrogens is 1. The molecule has 0 saturated carbocycles. The summed E-state index contributed by atoms with van der Waals surface area (Å²) in [5.74, 6) is -0.0864. The lowest BCUT2D eigenvalue weighted by Gasteiger charge is -2.33. The van der Waals surface area contributed by atoms with E-state index in [1.807, 2.05) is 30.3 Å². The first-order valence-corrected chi connectivity index (χ1v) is 11.6. The predicted molar refractivity (Wildman–Crippen MR) is 115 cm³/mol. The molecule has 2 aromatic rings. The van der Waals surface area contributed by atoms with E-state index in [1.54, 1.807) is 17.9 Å². The van der Waals surface area contributed by atoms with Crippen LogP contribution in [0.15, 0.2) is 35.7 Å². The summed E-state index contributed by atoms with van der Waals surface area (Å²) < 4.78 is 26.6. The normalized spacial score (nSPS) is 18.0. The molecule has 7 nitrogen and oxygen atoms in total. The Bertz CT molecular complexity index is 1090. The van der Waals surface area contributed by atoms with Crippen LogP contribution >= 0.6 is 0 Å². The van der Waals surface area contributed by atoms with Crippen LogP contribution in [0.3, 0.4) is 0 Å². The van der Waals surface area contributed by atoms with Gasteiger partial charge >= 0.3 is 0 Å². The molecule has 1 aliphatic heterocycles. The summed E-state index contributed by atoms with van der Waals surface area (Å²) in [4.78, 5) is 30.0. The zero-order valence-corrected chi connectivity index (χ0v) is 17.7. The third-order valence-electron chi connectivity index (χ3n) is 5.77. The SMILES string of the molecule is Cc1c(C(=O)N2CCN(S(=O)(=O)C=Cc3ccccc3)CC2)[nH]c2c1C(=O)CCC2. The van der Waals surface area contributed by atoms with E-state index in [9.17, 15) is 18.0 Å². The second-order valence-corrected chi connectivity index (χ2v) is 9.52. The molecule has 0 bridgehead atoms. The van der Waals surface area contributed by atoms with Crippen molar-refractivity contribution in [2.24, 2.45) is 0 Å². The minimum atomic E-state index is -3.55. The van der Waals surface area contributed by atoms with Crippen LogP contribution in [0.5, 0.6) is 0 Å². The number of sulfonamides is 1. The standard InChI is InChI=1S/C22H25N3O4S/c1-16-20-18(8-5-9-19(20)26)23-21(16)22(27)24-11-13-25(14-12-24)30(28,29)15-10-17-6-3-2-4-7-17/h2-4,6-7,10,15,23H,5,8-9,11-14H2,1H3. The molecule has 0 atom stereocenters. The van der Waals surface area contributed by atoms with Crippen LogP contribution in [-0.2, 0) is 16.4 Å². The molecule has 158 valence electrons. The van der Waals surface area contributed by atoms with E-state index in [-0.39, 0.29) is 24.8 Å². The number of benzene rings is 1. The first-order chi connectivity index (χ1) is 14.4. The quantitative estimate of drug-likeness (QED) is 0.812. The molecule has 1 N–H and O–H groups in total. The van der Waals surface area contributed by atoms with Crippen molar-refractivity contribution in [2.45, 2.75) is 26.2 Å². The first kappa shape index (κ1) is 20.6. The molecule has 2 aliphatic rings. The Morgan fingerprint density at radius 3 is 2.43 bits per heavy atom. The highest BCUT2D eigenvalue weighted by atomic mass is 32.2. The van der Waals surface area contributed by atoms with Crippen molar-refractivity contribution >= 4 is 27.8 Å². The molecule has 1 aromatic carbocycles. The highest BCUT2D eigenvalue weighted by molar-refractivity contribution is 7.92. The molecule has 4 rings (SSSR count).